The Morgan fingerprint density at radius 1 is 1.08 bits per heavy atom. The molecule has 2 aromatic rings. The van der Waals surface area contributed by atoms with E-state index in [1.54, 1.807) is 12.1 Å². The second-order valence-electron chi connectivity index (χ2n) is 5.85. The number of benzene rings is 2. The van der Waals surface area contributed by atoms with Gasteiger partial charge < -0.3 is 15.7 Å². The van der Waals surface area contributed by atoms with E-state index in [0.29, 0.717) is 11.3 Å². The van der Waals surface area contributed by atoms with Crippen LogP contribution < -0.4 is 10.6 Å². The molecule has 2 amide bonds. The molecule has 0 spiro atoms. The van der Waals surface area contributed by atoms with E-state index in [4.69, 9.17) is 0 Å². The molecule has 1 atom stereocenters. The van der Waals surface area contributed by atoms with Crippen molar-refractivity contribution in [2.75, 3.05) is 11.9 Å². The monoisotopic (exact) mass is 352 g/mol. The molecule has 0 aromatic heterocycles. The minimum absolute atomic E-state index is 0.123. The molecule has 0 aliphatic rings. The second-order valence-corrected chi connectivity index (χ2v) is 5.85. The molecule has 7 heteroatoms. The van der Waals surface area contributed by atoms with E-state index in [9.17, 15) is 23.1 Å². The lowest BCUT2D eigenvalue weighted by Crippen LogP contribution is -2.32. The summed E-state index contributed by atoms with van der Waals surface area (Å²) in [4.78, 5) is 11.9. The number of rotatable bonds is 4. The van der Waals surface area contributed by atoms with Crippen LogP contribution in [0.4, 0.5) is 23.7 Å². The zero-order valence-electron chi connectivity index (χ0n) is 13.8. The van der Waals surface area contributed by atoms with Crippen LogP contribution >= 0.6 is 0 Å². The highest BCUT2D eigenvalue weighted by molar-refractivity contribution is 5.89. The number of aliphatic hydroxyl groups excluding tert-OH is 1. The topological polar surface area (TPSA) is 61.4 Å². The lowest BCUT2D eigenvalue weighted by molar-refractivity contribution is -0.137. The van der Waals surface area contributed by atoms with E-state index < -0.39 is 23.9 Å². The molecule has 1 unspecified atom stereocenters. The molecule has 3 N–H and O–H groups in total. The van der Waals surface area contributed by atoms with E-state index in [1.807, 2.05) is 19.9 Å². The van der Waals surface area contributed by atoms with Gasteiger partial charge in [0, 0.05) is 12.2 Å². The number of nitrogens with one attached hydrogen (secondary N) is 2. The minimum Gasteiger partial charge on any atom is -0.387 e. The third-order valence-corrected chi connectivity index (χ3v) is 3.56. The number of aryl methyl sites for hydroxylation is 2. The lowest BCUT2D eigenvalue weighted by Gasteiger charge is -2.14. The Morgan fingerprint density at radius 3 is 2.16 bits per heavy atom. The summed E-state index contributed by atoms with van der Waals surface area (Å²) in [5.74, 6) is 0. The summed E-state index contributed by atoms with van der Waals surface area (Å²) in [7, 11) is 0. The van der Waals surface area contributed by atoms with Crippen LogP contribution in [-0.2, 0) is 6.18 Å². The standard InChI is InChI=1S/C18H19F3N2O2/c1-11-7-12(2)9-15(8-11)23-17(25)22-10-16(24)13-3-5-14(6-4-13)18(19,20)21/h3-9,16,24H,10H2,1-2H3,(H2,22,23,25). The number of hydrogen-bond donors (Lipinski definition) is 3. The first kappa shape index (κ1) is 18.8. The summed E-state index contributed by atoms with van der Waals surface area (Å²) in [6, 6.07) is 9.25. The van der Waals surface area contributed by atoms with Gasteiger partial charge in [0.2, 0.25) is 0 Å². The fourth-order valence-corrected chi connectivity index (χ4v) is 2.42. The number of urea groups is 1. The number of aliphatic hydroxyl groups is 1. The quantitative estimate of drug-likeness (QED) is 0.773. The Bertz CT molecular complexity index is 723. The molecule has 0 saturated carbocycles. The van der Waals surface area contributed by atoms with Crippen molar-refractivity contribution in [3.05, 3.63) is 64.7 Å². The van der Waals surface area contributed by atoms with Crippen LogP contribution in [0.25, 0.3) is 0 Å². The van der Waals surface area contributed by atoms with E-state index in [2.05, 4.69) is 10.6 Å². The minimum atomic E-state index is -4.42. The normalized spacial score (nSPS) is 12.6. The number of carbonyl (C=O) groups is 1. The fourth-order valence-electron chi connectivity index (χ4n) is 2.42. The SMILES string of the molecule is Cc1cc(C)cc(NC(=O)NCC(O)c2ccc(C(F)(F)F)cc2)c1. The van der Waals surface area contributed by atoms with Crippen molar-refractivity contribution in [3.63, 3.8) is 0 Å². The molecule has 2 aromatic carbocycles. The summed E-state index contributed by atoms with van der Waals surface area (Å²) in [5.41, 5.74) is 2.13. The third kappa shape index (κ3) is 5.49. The average molecular weight is 352 g/mol. The molecule has 134 valence electrons. The van der Waals surface area contributed by atoms with Crippen LogP contribution in [-0.4, -0.2) is 17.7 Å². The fraction of sp³-hybridized carbons (Fsp3) is 0.278. The Labute approximate surface area is 143 Å². The molecule has 0 heterocycles. The summed E-state index contributed by atoms with van der Waals surface area (Å²) < 4.78 is 37.5. The first-order chi connectivity index (χ1) is 11.6. The molecular formula is C18H19F3N2O2. The summed E-state index contributed by atoms with van der Waals surface area (Å²) in [6.07, 6.45) is -5.53. The maximum absolute atomic E-state index is 12.5. The number of amides is 2. The Morgan fingerprint density at radius 2 is 1.64 bits per heavy atom. The highest BCUT2D eigenvalue weighted by atomic mass is 19.4. The molecule has 0 radical (unpaired) electrons. The van der Waals surface area contributed by atoms with Gasteiger partial charge in [0.25, 0.3) is 0 Å². The van der Waals surface area contributed by atoms with Gasteiger partial charge in [0.05, 0.1) is 11.7 Å². The van der Waals surface area contributed by atoms with Gasteiger partial charge in [-0.25, -0.2) is 4.79 Å². The van der Waals surface area contributed by atoms with Gasteiger partial charge in [-0.15, -0.1) is 0 Å². The highest BCUT2D eigenvalue weighted by Gasteiger charge is 2.30. The van der Waals surface area contributed by atoms with Crippen molar-refractivity contribution in [3.8, 4) is 0 Å². The molecule has 0 aliphatic carbocycles. The number of hydrogen-bond acceptors (Lipinski definition) is 2. The maximum Gasteiger partial charge on any atom is 0.416 e. The predicted molar refractivity (Wildman–Crippen MR) is 89.3 cm³/mol. The average Bonchev–Trinajstić information content (AvgIpc) is 2.51. The summed E-state index contributed by atoms with van der Waals surface area (Å²) in [5, 5.41) is 15.1. The first-order valence-corrected chi connectivity index (χ1v) is 7.63. The molecule has 2 rings (SSSR count). The molecule has 0 aliphatic heterocycles. The zero-order chi connectivity index (χ0) is 18.6. The molecule has 0 fully saturated rings. The van der Waals surface area contributed by atoms with Crippen LogP contribution in [0.15, 0.2) is 42.5 Å². The smallest absolute Gasteiger partial charge is 0.387 e. The second kappa shape index (κ2) is 7.57. The number of anilines is 1. The summed E-state index contributed by atoms with van der Waals surface area (Å²) in [6.45, 7) is 3.69. The van der Waals surface area contributed by atoms with Gasteiger partial charge >= 0.3 is 12.2 Å². The molecule has 0 bridgehead atoms. The van der Waals surface area contributed by atoms with Crippen LogP contribution in [0.3, 0.4) is 0 Å². The van der Waals surface area contributed by atoms with Gasteiger partial charge in [0.15, 0.2) is 0 Å². The Hall–Kier alpha value is -2.54. The van der Waals surface area contributed by atoms with E-state index in [0.717, 1.165) is 23.3 Å². The highest BCUT2D eigenvalue weighted by Crippen LogP contribution is 2.29. The Kier molecular flexibility index (Phi) is 5.69. The van der Waals surface area contributed by atoms with Gasteiger partial charge in [-0.2, -0.15) is 13.2 Å². The van der Waals surface area contributed by atoms with E-state index >= 15 is 0 Å². The van der Waals surface area contributed by atoms with Crippen molar-refractivity contribution in [2.45, 2.75) is 26.1 Å². The van der Waals surface area contributed by atoms with Gasteiger partial charge in [-0.1, -0.05) is 18.2 Å². The van der Waals surface area contributed by atoms with Gasteiger partial charge in [0.1, 0.15) is 0 Å². The van der Waals surface area contributed by atoms with Crippen LogP contribution in [0.5, 0.6) is 0 Å². The van der Waals surface area contributed by atoms with Gasteiger partial charge in [-0.3, -0.25) is 0 Å². The molecule has 0 saturated heterocycles. The van der Waals surface area contributed by atoms with Crippen LogP contribution in [0.2, 0.25) is 0 Å². The number of halogens is 3. The van der Waals surface area contributed by atoms with E-state index in [-0.39, 0.29) is 6.54 Å². The van der Waals surface area contributed by atoms with Gasteiger partial charge in [-0.05, 0) is 54.8 Å². The van der Waals surface area contributed by atoms with E-state index in [1.165, 1.54) is 12.1 Å². The van der Waals surface area contributed by atoms with Crippen molar-refractivity contribution in [2.24, 2.45) is 0 Å². The van der Waals surface area contributed by atoms with Crippen molar-refractivity contribution >= 4 is 11.7 Å². The third-order valence-electron chi connectivity index (χ3n) is 3.56. The maximum atomic E-state index is 12.5. The molecule has 4 nitrogen and oxygen atoms in total. The number of alkyl halides is 3. The lowest BCUT2D eigenvalue weighted by atomic mass is 10.1. The predicted octanol–water partition coefficient (Wildman–Crippen LogP) is 4.18. The summed E-state index contributed by atoms with van der Waals surface area (Å²) >= 11 is 0. The van der Waals surface area contributed by atoms with Crippen LogP contribution in [0.1, 0.15) is 28.4 Å². The largest absolute Gasteiger partial charge is 0.416 e. The van der Waals surface area contributed by atoms with Crippen LogP contribution in [0, 0.1) is 13.8 Å². The zero-order valence-corrected chi connectivity index (χ0v) is 13.8. The van der Waals surface area contributed by atoms with Crippen molar-refractivity contribution in [1.29, 1.82) is 0 Å². The molecular weight excluding hydrogens is 333 g/mol. The van der Waals surface area contributed by atoms with Crippen molar-refractivity contribution in [1.82, 2.24) is 5.32 Å². The molecule has 25 heavy (non-hydrogen) atoms. The number of carbonyl (C=O) groups excluding carboxylic acids is 1. The first-order valence-electron chi connectivity index (χ1n) is 7.63. The Balaban J connectivity index is 1.90. The van der Waals surface area contributed by atoms with Crippen molar-refractivity contribution < 1.29 is 23.1 Å².